The highest BCUT2D eigenvalue weighted by molar-refractivity contribution is 5.76. The van der Waals surface area contributed by atoms with Crippen LogP contribution in [0.5, 0.6) is 5.88 Å². The number of imidazole rings is 1. The molecular weight excluding hydrogens is 410 g/mol. The number of aromatic nitrogens is 5. The molecule has 4 rings (SSSR count). The summed E-state index contributed by atoms with van der Waals surface area (Å²) in [6.07, 6.45) is 1.80. The number of aromatic hydroxyl groups is 1. The van der Waals surface area contributed by atoms with Crippen molar-refractivity contribution in [3.05, 3.63) is 72.7 Å². The van der Waals surface area contributed by atoms with Crippen LogP contribution in [-0.4, -0.2) is 28.2 Å². The summed E-state index contributed by atoms with van der Waals surface area (Å²) in [5.74, 6) is -0.148. The number of nitrogens with zero attached hydrogens (tertiary/aromatic N) is 5. The van der Waals surface area contributed by atoms with Crippen LogP contribution in [0.15, 0.2) is 44.7 Å². The van der Waals surface area contributed by atoms with E-state index in [0.717, 1.165) is 23.0 Å². The first-order chi connectivity index (χ1) is 15.4. The van der Waals surface area contributed by atoms with Crippen molar-refractivity contribution in [3.63, 3.8) is 0 Å². The molecule has 3 heterocycles. The van der Waals surface area contributed by atoms with E-state index in [1.54, 1.807) is 13.8 Å². The van der Waals surface area contributed by atoms with Crippen LogP contribution in [0.25, 0.3) is 16.9 Å². The maximum atomic E-state index is 13.4. The monoisotopic (exact) mass is 437 g/mol. The normalized spacial score (nSPS) is 11.6. The van der Waals surface area contributed by atoms with Gasteiger partial charge in [-0.2, -0.15) is 4.98 Å². The van der Waals surface area contributed by atoms with Crippen molar-refractivity contribution in [2.24, 2.45) is 0 Å². The summed E-state index contributed by atoms with van der Waals surface area (Å²) < 4.78 is 5.36. The lowest BCUT2D eigenvalue weighted by atomic mass is 10.1. The lowest BCUT2D eigenvalue weighted by molar-refractivity contribution is 0.433. The fraction of sp³-hybridized carbons (Fsp3) is 0.391. The molecule has 0 amide bonds. The molecule has 0 unspecified atom stereocenters. The summed E-state index contributed by atoms with van der Waals surface area (Å²) in [4.78, 5) is 44.0. The predicted octanol–water partition coefficient (Wildman–Crippen LogP) is 2.11. The van der Waals surface area contributed by atoms with E-state index >= 15 is 0 Å². The van der Waals surface area contributed by atoms with Crippen molar-refractivity contribution in [3.8, 4) is 5.88 Å². The highest BCUT2D eigenvalue weighted by Crippen LogP contribution is 2.23. The summed E-state index contributed by atoms with van der Waals surface area (Å²) >= 11 is 0. The molecule has 4 aromatic rings. The molecule has 3 aromatic heterocycles. The number of unbranched alkanes of at least 4 members (excludes halogenated alkanes) is 1. The van der Waals surface area contributed by atoms with Gasteiger partial charge in [0, 0.05) is 26.1 Å². The molecule has 1 aromatic carbocycles. The summed E-state index contributed by atoms with van der Waals surface area (Å²) in [5.41, 5.74) is -0.0140. The first-order valence-electron chi connectivity index (χ1n) is 11.0. The van der Waals surface area contributed by atoms with Crippen molar-refractivity contribution in [1.82, 2.24) is 23.1 Å². The van der Waals surface area contributed by atoms with Gasteiger partial charge in [0.2, 0.25) is 11.7 Å². The van der Waals surface area contributed by atoms with Gasteiger partial charge < -0.3 is 5.11 Å². The number of hydrogen-bond donors (Lipinski definition) is 1. The molecule has 168 valence electrons. The zero-order valence-electron chi connectivity index (χ0n) is 18.5. The number of fused-ring (bicyclic) bond motifs is 3. The van der Waals surface area contributed by atoms with Crippen LogP contribution < -0.4 is 16.8 Å². The van der Waals surface area contributed by atoms with Gasteiger partial charge in [-0.3, -0.25) is 23.3 Å². The van der Waals surface area contributed by atoms with E-state index in [-0.39, 0.29) is 46.9 Å². The van der Waals surface area contributed by atoms with Crippen molar-refractivity contribution >= 4 is 16.9 Å². The van der Waals surface area contributed by atoms with E-state index in [1.165, 1.54) is 13.5 Å². The van der Waals surface area contributed by atoms with E-state index in [0.29, 0.717) is 13.1 Å². The Balaban J connectivity index is 2.18. The lowest BCUT2D eigenvalue weighted by Crippen LogP contribution is -2.39. The Hall–Kier alpha value is -3.62. The quantitative estimate of drug-likeness (QED) is 0.477. The second kappa shape index (κ2) is 8.49. The SMILES string of the molecule is CCCCn1c(=O)c(Cc2ccccc2)c(O)n2c3c(=O)n(CC)c(=O)n(CC)c3nc12. The molecule has 0 saturated carbocycles. The van der Waals surface area contributed by atoms with Crippen molar-refractivity contribution < 1.29 is 5.11 Å². The highest BCUT2D eigenvalue weighted by atomic mass is 16.3. The standard InChI is InChI=1S/C23H27N5O4/c1-4-7-13-27-19(29)16(14-15-11-9-8-10-12-15)20(30)28-17-18(24-22(27)28)25(5-2)23(32)26(6-3)21(17)31/h8-12,30H,4-7,13-14H2,1-3H3. The fourth-order valence-electron chi connectivity index (χ4n) is 4.13. The predicted molar refractivity (Wildman–Crippen MR) is 123 cm³/mol. The van der Waals surface area contributed by atoms with Crippen LogP contribution in [0, 0.1) is 0 Å². The Kier molecular flexibility index (Phi) is 5.73. The minimum atomic E-state index is -0.536. The van der Waals surface area contributed by atoms with Gasteiger partial charge in [0.1, 0.15) is 0 Å². The smallest absolute Gasteiger partial charge is 0.332 e. The van der Waals surface area contributed by atoms with E-state index in [1.807, 2.05) is 37.3 Å². The second-order valence-corrected chi connectivity index (χ2v) is 7.77. The molecule has 0 radical (unpaired) electrons. The number of benzene rings is 1. The molecule has 9 nitrogen and oxygen atoms in total. The van der Waals surface area contributed by atoms with Crippen molar-refractivity contribution in [1.29, 1.82) is 0 Å². The molecule has 0 spiro atoms. The van der Waals surface area contributed by atoms with Crippen LogP contribution in [0.1, 0.15) is 44.7 Å². The molecule has 0 bridgehead atoms. The van der Waals surface area contributed by atoms with E-state index in [9.17, 15) is 19.5 Å². The molecule has 0 aliphatic carbocycles. The van der Waals surface area contributed by atoms with E-state index < -0.39 is 11.2 Å². The average Bonchev–Trinajstić information content (AvgIpc) is 3.18. The Morgan fingerprint density at radius 1 is 0.906 bits per heavy atom. The van der Waals surface area contributed by atoms with Gasteiger partial charge in [0.05, 0.1) is 5.56 Å². The fourth-order valence-corrected chi connectivity index (χ4v) is 4.13. The maximum absolute atomic E-state index is 13.4. The summed E-state index contributed by atoms with van der Waals surface area (Å²) in [6.45, 7) is 6.41. The second-order valence-electron chi connectivity index (χ2n) is 7.77. The summed E-state index contributed by atoms with van der Waals surface area (Å²) in [7, 11) is 0. The first kappa shape index (κ1) is 21.6. The highest BCUT2D eigenvalue weighted by Gasteiger charge is 2.25. The Morgan fingerprint density at radius 3 is 2.22 bits per heavy atom. The van der Waals surface area contributed by atoms with Crippen LogP contribution in [-0.2, 0) is 26.1 Å². The van der Waals surface area contributed by atoms with E-state index in [2.05, 4.69) is 4.98 Å². The van der Waals surface area contributed by atoms with Crippen molar-refractivity contribution in [2.45, 2.75) is 59.7 Å². The number of aryl methyl sites for hydroxylation is 2. The van der Waals surface area contributed by atoms with Gasteiger partial charge in [-0.05, 0) is 25.8 Å². The van der Waals surface area contributed by atoms with Gasteiger partial charge in [-0.15, -0.1) is 0 Å². The minimum Gasteiger partial charge on any atom is -0.494 e. The molecule has 0 atom stereocenters. The van der Waals surface area contributed by atoms with Crippen LogP contribution in [0.3, 0.4) is 0 Å². The zero-order valence-corrected chi connectivity index (χ0v) is 18.5. The van der Waals surface area contributed by atoms with Crippen LogP contribution in [0.2, 0.25) is 0 Å². The summed E-state index contributed by atoms with van der Waals surface area (Å²) in [5, 5.41) is 11.2. The zero-order chi connectivity index (χ0) is 23.0. The van der Waals surface area contributed by atoms with Gasteiger partial charge >= 0.3 is 5.69 Å². The topological polar surface area (TPSA) is 104 Å². The van der Waals surface area contributed by atoms with Gasteiger partial charge in [0.15, 0.2) is 11.2 Å². The first-order valence-corrected chi connectivity index (χ1v) is 11.0. The third-order valence-corrected chi connectivity index (χ3v) is 5.82. The van der Waals surface area contributed by atoms with Gasteiger partial charge in [0.25, 0.3) is 11.1 Å². The number of rotatable bonds is 7. The molecule has 1 N–H and O–H groups in total. The molecule has 0 saturated heterocycles. The third-order valence-electron chi connectivity index (χ3n) is 5.82. The minimum absolute atomic E-state index is 0.0976. The van der Waals surface area contributed by atoms with Gasteiger partial charge in [-0.1, -0.05) is 43.7 Å². The van der Waals surface area contributed by atoms with Crippen LogP contribution in [0.4, 0.5) is 0 Å². The molecular formula is C23H27N5O4. The molecule has 0 aliphatic rings. The Bertz CT molecular complexity index is 1470. The van der Waals surface area contributed by atoms with Gasteiger partial charge in [-0.25, -0.2) is 9.20 Å². The molecule has 0 fully saturated rings. The Labute approximate surface area is 183 Å². The van der Waals surface area contributed by atoms with Crippen molar-refractivity contribution in [2.75, 3.05) is 0 Å². The van der Waals surface area contributed by atoms with E-state index in [4.69, 9.17) is 0 Å². The van der Waals surface area contributed by atoms with Crippen LogP contribution >= 0.6 is 0 Å². The number of hydrogen-bond acceptors (Lipinski definition) is 5. The average molecular weight is 438 g/mol. The Morgan fingerprint density at radius 2 is 1.59 bits per heavy atom. The molecule has 0 aliphatic heterocycles. The maximum Gasteiger partial charge on any atom is 0.332 e. The lowest BCUT2D eigenvalue weighted by Gasteiger charge is -2.13. The third kappa shape index (κ3) is 3.24. The largest absolute Gasteiger partial charge is 0.494 e. The molecule has 9 heteroatoms. The summed E-state index contributed by atoms with van der Waals surface area (Å²) in [6, 6.07) is 9.38. The molecule has 32 heavy (non-hydrogen) atoms.